The van der Waals surface area contributed by atoms with Crippen LogP contribution in [0.3, 0.4) is 0 Å². The number of fused-ring (bicyclic) bond motifs is 1. The minimum Gasteiger partial charge on any atom is -0.483 e. The summed E-state index contributed by atoms with van der Waals surface area (Å²) in [5.74, 6) is 0.623. The first-order chi connectivity index (χ1) is 17.7. The molecule has 9 nitrogen and oxygen atoms in total. The van der Waals surface area contributed by atoms with Gasteiger partial charge in [-0.2, -0.15) is 4.31 Å². The number of aryl methyl sites for hydroxylation is 1. The molecule has 0 aliphatic carbocycles. The van der Waals surface area contributed by atoms with E-state index in [0.29, 0.717) is 43.9 Å². The van der Waals surface area contributed by atoms with Gasteiger partial charge in [0.2, 0.25) is 10.0 Å². The molecule has 0 spiro atoms. The zero-order valence-electron chi connectivity index (χ0n) is 21.0. The predicted octanol–water partition coefficient (Wildman–Crippen LogP) is 3.27. The van der Waals surface area contributed by atoms with Crippen LogP contribution in [-0.2, 0) is 23.6 Å². The van der Waals surface area contributed by atoms with Crippen LogP contribution < -0.4 is 10.3 Å². The Labute approximate surface area is 220 Å². The Morgan fingerprint density at radius 2 is 1.92 bits per heavy atom. The van der Waals surface area contributed by atoms with Crippen LogP contribution in [0.25, 0.3) is 21.2 Å². The van der Waals surface area contributed by atoms with Crippen molar-refractivity contribution in [1.82, 2.24) is 23.7 Å². The van der Waals surface area contributed by atoms with Crippen molar-refractivity contribution in [1.29, 1.82) is 0 Å². The van der Waals surface area contributed by atoms with Crippen LogP contribution in [0.2, 0.25) is 0 Å². The molecule has 0 amide bonds. The van der Waals surface area contributed by atoms with Gasteiger partial charge in [0, 0.05) is 79.1 Å². The van der Waals surface area contributed by atoms with Crippen LogP contribution in [0.15, 0.2) is 59.9 Å². The Morgan fingerprint density at radius 3 is 2.62 bits per heavy atom. The molecule has 37 heavy (non-hydrogen) atoms. The van der Waals surface area contributed by atoms with E-state index < -0.39 is 10.0 Å². The van der Waals surface area contributed by atoms with E-state index in [-0.39, 0.29) is 11.7 Å². The van der Waals surface area contributed by atoms with Crippen molar-refractivity contribution in [2.24, 2.45) is 7.05 Å². The summed E-state index contributed by atoms with van der Waals surface area (Å²) >= 11 is 1.59. The fourth-order valence-corrected chi connectivity index (χ4v) is 6.59. The van der Waals surface area contributed by atoms with Gasteiger partial charge in [-0.15, -0.1) is 11.3 Å². The molecule has 0 bridgehead atoms. The van der Waals surface area contributed by atoms with Gasteiger partial charge in [0.15, 0.2) is 0 Å². The number of hydrogen-bond donors (Lipinski definition) is 0. The number of nitrogens with zero attached hydrogens (tertiary/aromatic N) is 5. The van der Waals surface area contributed by atoms with Gasteiger partial charge in [0.25, 0.3) is 5.56 Å². The van der Waals surface area contributed by atoms with E-state index in [9.17, 15) is 13.2 Å². The first-order valence-corrected chi connectivity index (χ1v) is 14.7. The summed E-state index contributed by atoms with van der Waals surface area (Å²) in [6.07, 6.45) is 8.05. The summed E-state index contributed by atoms with van der Waals surface area (Å²) in [6, 6.07) is 9.63. The van der Waals surface area contributed by atoms with E-state index in [2.05, 4.69) is 14.9 Å². The van der Waals surface area contributed by atoms with Gasteiger partial charge >= 0.3 is 0 Å². The van der Waals surface area contributed by atoms with Crippen LogP contribution in [0.1, 0.15) is 23.6 Å². The molecule has 0 radical (unpaired) electrons. The highest BCUT2D eigenvalue weighted by Crippen LogP contribution is 2.35. The molecule has 194 valence electrons. The Bertz CT molecular complexity index is 1580. The lowest BCUT2D eigenvalue weighted by molar-refractivity contribution is 0.183. The Balaban J connectivity index is 1.41. The minimum absolute atomic E-state index is 0.0488. The fraction of sp³-hybridized carbons (Fsp3) is 0.346. The zero-order chi connectivity index (χ0) is 26.2. The highest BCUT2D eigenvalue weighted by Gasteiger charge is 2.24. The summed E-state index contributed by atoms with van der Waals surface area (Å²) in [4.78, 5) is 25.0. The third kappa shape index (κ3) is 5.59. The molecular formula is C26H29N5O4S2. The van der Waals surface area contributed by atoms with Crippen molar-refractivity contribution in [2.75, 3.05) is 32.4 Å². The molecule has 1 fully saturated rings. The largest absolute Gasteiger partial charge is 0.483 e. The highest BCUT2D eigenvalue weighted by atomic mass is 32.2. The number of aromatic nitrogens is 3. The van der Waals surface area contributed by atoms with Crippen LogP contribution >= 0.6 is 11.3 Å². The average Bonchev–Trinajstić information content (AvgIpc) is 3.30. The second kappa shape index (κ2) is 10.3. The molecule has 1 aliphatic heterocycles. The molecule has 0 unspecified atom stereocenters. The van der Waals surface area contributed by atoms with Crippen LogP contribution in [0, 0.1) is 0 Å². The molecule has 11 heteroatoms. The zero-order valence-corrected chi connectivity index (χ0v) is 22.6. The number of thiophene rings is 1. The molecule has 0 saturated carbocycles. The van der Waals surface area contributed by atoms with Gasteiger partial charge in [-0.05, 0) is 31.2 Å². The van der Waals surface area contributed by atoms with Gasteiger partial charge in [-0.3, -0.25) is 19.7 Å². The third-order valence-corrected chi connectivity index (χ3v) is 8.98. The SMILES string of the molecule is C[C@H](Oc1cncc(-c2cn(C)c(=O)c3cc(CN4CCN(S(C)(=O)=O)CC4)sc23)c1)c1ccccn1. The quantitative estimate of drug-likeness (QED) is 0.356. The maximum atomic E-state index is 13.0. The highest BCUT2D eigenvalue weighted by molar-refractivity contribution is 7.88. The monoisotopic (exact) mass is 539 g/mol. The lowest BCUT2D eigenvalue weighted by Crippen LogP contribution is -2.47. The lowest BCUT2D eigenvalue weighted by atomic mass is 10.1. The summed E-state index contributed by atoms with van der Waals surface area (Å²) in [6.45, 7) is 4.88. The molecule has 4 aromatic heterocycles. The van der Waals surface area contributed by atoms with Crippen molar-refractivity contribution in [3.8, 4) is 16.9 Å². The van der Waals surface area contributed by atoms with Crippen LogP contribution in [0.4, 0.5) is 0 Å². The van der Waals surface area contributed by atoms with E-state index in [1.807, 2.05) is 43.5 Å². The van der Waals surface area contributed by atoms with Gasteiger partial charge in [-0.1, -0.05) is 6.07 Å². The second-order valence-electron chi connectivity index (χ2n) is 9.28. The number of pyridine rings is 3. The van der Waals surface area contributed by atoms with Crippen molar-refractivity contribution in [2.45, 2.75) is 19.6 Å². The summed E-state index contributed by atoms with van der Waals surface area (Å²) in [7, 11) is -1.42. The summed E-state index contributed by atoms with van der Waals surface area (Å²) < 4.78 is 33.8. The Kier molecular flexibility index (Phi) is 7.13. The molecule has 1 atom stereocenters. The number of sulfonamides is 1. The van der Waals surface area contributed by atoms with E-state index in [4.69, 9.17) is 4.74 Å². The molecule has 5 heterocycles. The third-order valence-electron chi connectivity index (χ3n) is 6.52. The molecule has 0 aromatic carbocycles. The second-order valence-corrected chi connectivity index (χ2v) is 12.4. The standard InChI is InChI=1S/C26H29N5O4S2/c1-18(24-6-4-5-7-28-24)35-20-12-19(14-27-15-20)23-17-29(2)26(32)22-13-21(36-25(22)23)16-30-8-10-31(11-9-30)37(3,33)34/h4-7,12-15,17-18H,8-11,16H2,1-3H3/t18-/m0/s1. The topological polar surface area (TPSA) is 97.6 Å². The fourth-order valence-electron chi connectivity index (χ4n) is 4.54. The van der Waals surface area contributed by atoms with Crippen molar-refractivity contribution in [3.05, 3.63) is 76.0 Å². The molecule has 1 aliphatic rings. The van der Waals surface area contributed by atoms with E-state index >= 15 is 0 Å². The number of piperazine rings is 1. The maximum Gasteiger partial charge on any atom is 0.259 e. The Hall–Kier alpha value is -3.12. The number of rotatable bonds is 7. The molecule has 4 aromatic rings. The van der Waals surface area contributed by atoms with Crippen molar-refractivity contribution >= 4 is 31.4 Å². The smallest absolute Gasteiger partial charge is 0.259 e. The molecule has 1 saturated heterocycles. The number of ether oxygens (including phenoxy) is 1. The minimum atomic E-state index is -3.17. The van der Waals surface area contributed by atoms with Gasteiger partial charge < -0.3 is 9.30 Å². The van der Waals surface area contributed by atoms with Crippen LogP contribution in [-0.4, -0.2) is 64.6 Å². The van der Waals surface area contributed by atoms with Gasteiger partial charge in [0.1, 0.15) is 11.9 Å². The van der Waals surface area contributed by atoms with E-state index in [1.165, 1.54) is 10.6 Å². The predicted molar refractivity (Wildman–Crippen MR) is 145 cm³/mol. The van der Waals surface area contributed by atoms with E-state index in [0.717, 1.165) is 26.4 Å². The maximum absolute atomic E-state index is 13.0. The van der Waals surface area contributed by atoms with E-state index in [1.54, 1.807) is 41.5 Å². The van der Waals surface area contributed by atoms with Crippen molar-refractivity contribution in [3.63, 3.8) is 0 Å². The average molecular weight is 540 g/mol. The van der Waals surface area contributed by atoms with Gasteiger partial charge in [-0.25, -0.2) is 8.42 Å². The molecule has 0 N–H and O–H groups in total. The first-order valence-electron chi connectivity index (χ1n) is 12.0. The summed E-state index contributed by atoms with van der Waals surface area (Å²) in [5, 5.41) is 0.669. The van der Waals surface area contributed by atoms with Crippen LogP contribution in [0.5, 0.6) is 5.75 Å². The molecular weight excluding hydrogens is 510 g/mol. The molecule has 5 rings (SSSR count). The first kappa shape index (κ1) is 25.5. The number of hydrogen-bond acceptors (Lipinski definition) is 8. The van der Waals surface area contributed by atoms with Crippen molar-refractivity contribution < 1.29 is 13.2 Å². The van der Waals surface area contributed by atoms with Gasteiger partial charge in [0.05, 0.1) is 23.5 Å². The Morgan fingerprint density at radius 1 is 1.14 bits per heavy atom. The normalized spacial score (nSPS) is 16.2. The lowest BCUT2D eigenvalue weighted by Gasteiger charge is -2.32. The summed E-state index contributed by atoms with van der Waals surface area (Å²) in [5.41, 5.74) is 2.56.